The van der Waals surface area contributed by atoms with Crippen molar-refractivity contribution >= 4 is 5.57 Å². The first kappa shape index (κ1) is 14.9. The van der Waals surface area contributed by atoms with Crippen LogP contribution in [0.4, 0.5) is 0 Å². The fourth-order valence-corrected chi connectivity index (χ4v) is 3.29. The van der Waals surface area contributed by atoms with Gasteiger partial charge in [0.1, 0.15) is 0 Å². The zero-order valence-electron chi connectivity index (χ0n) is 13.8. The Morgan fingerprint density at radius 1 is 1.09 bits per heavy atom. The van der Waals surface area contributed by atoms with Crippen LogP contribution < -0.4 is 5.32 Å². The first-order valence-corrected chi connectivity index (χ1v) is 8.27. The lowest BCUT2D eigenvalue weighted by molar-refractivity contribution is 0.545. The van der Waals surface area contributed by atoms with E-state index in [2.05, 4.69) is 80.8 Å². The van der Waals surface area contributed by atoms with Crippen LogP contribution in [-0.4, -0.2) is 6.04 Å². The van der Waals surface area contributed by atoms with Crippen LogP contribution in [0.25, 0.3) is 5.57 Å². The van der Waals surface area contributed by atoms with E-state index < -0.39 is 0 Å². The maximum Gasteiger partial charge on any atom is 0.0664 e. The fraction of sp³-hybridized carbons (Fsp3) is 0.333. The molecule has 1 nitrogen and oxygen atoms in total. The van der Waals surface area contributed by atoms with Crippen molar-refractivity contribution in [3.8, 4) is 0 Å². The number of dihydropyridines is 1. The summed E-state index contributed by atoms with van der Waals surface area (Å²) in [4.78, 5) is 0. The molecule has 0 saturated carbocycles. The molecule has 0 radical (unpaired) electrons. The number of hydrogen-bond acceptors (Lipinski definition) is 1. The van der Waals surface area contributed by atoms with Crippen LogP contribution in [0.1, 0.15) is 39.2 Å². The van der Waals surface area contributed by atoms with E-state index in [1.54, 1.807) is 0 Å². The molecule has 0 saturated heterocycles. The van der Waals surface area contributed by atoms with Gasteiger partial charge in [-0.1, -0.05) is 55.5 Å². The van der Waals surface area contributed by atoms with Crippen molar-refractivity contribution in [3.05, 3.63) is 77.0 Å². The van der Waals surface area contributed by atoms with E-state index >= 15 is 0 Å². The Kier molecular flexibility index (Phi) is 4.33. The molecule has 3 rings (SSSR count). The molecule has 0 bridgehead atoms. The Morgan fingerprint density at radius 2 is 1.86 bits per heavy atom. The van der Waals surface area contributed by atoms with Crippen LogP contribution in [0.2, 0.25) is 0 Å². The van der Waals surface area contributed by atoms with Gasteiger partial charge in [-0.05, 0) is 60.5 Å². The Balaban J connectivity index is 1.93. The minimum absolute atomic E-state index is 0.334. The average molecular weight is 291 g/mol. The summed E-state index contributed by atoms with van der Waals surface area (Å²) in [5.41, 5.74) is 6.92. The zero-order chi connectivity index (χ0) is 15.5. The van der Waals surface area contributed by atoms with Crippen LogP contribution in [0, 0.1) is 5.92 Å². The molecule has 2 atom stereocenters. The second kappa shape index (κ2) is 6.39. The standard InChI is InChI=1S/C21H25N/c1-4-17-10-11-19(18-8-6-5-7-9-18)13-20(17)21-12-15(2)16(3)14-22-21/h5-9,11-14,17,21-22H,4,10H2,1-3H3/t17-,21?/m1/s1. The molecule has 1 N–H and O–H groups in total. The monoisotopic (exact) mass is 291 g/mol. The molecule has 1 aromatic carbocycles. The SMILES string of the molecule is CC[C@@H]1CC=C(c2ccccc2)C=C1C1C=C(C)C(C)=CN1. The van der Waals surface area contributed by atoms with E-state index in [0.717, 1.165) is 6.42 Å². The molecule has 0 amide bonds. The fourth-order valence-electron chi connectivity index (χ4n) is 3.29. The van der Waals surface area contributed by atoms with Crippen molar-refractivity contribution in [2.75, 3.05) is 0 Å². The molecule has 22 heavy (non-hydrogen) atoms. The Hall–Kier alpha value is -2.02. The highest BCUT2D eigenvalue weighted by molar-refractivity contribution is 5.76. The van der Waals surface area contributed by atoms with Crippen LogP contribution in [0.3, 0.4) is 0 Å². The van der Waals surface area contributed by atoms with Crippen molar-refractivity contribution in [3.63, 3.8) is 0 Å². The summed E-state index contributed by atoms with van der Waals surface area (Å²) in [6.45, 7) is 6.66. The van der Waals surface area contributed by atoms with Crippen molar-refractivity contribution in [2.24, 2.45) is 5.92 Å². The van der Waals surface area contributed by atoms with Gasteiger partial charge in [-0.15, -0.1) is 0 Å². The number of nitrogens with one attached hydrogen (secondary N) is 1. The molecule has 0 fully saturated rings. The van der Waals surface area contributed by atoms with Gasteiger partial charge in [-0.25, -0.2) is 0 Å². The van der Waals surface area contributed by atoms with E-state index in [9.17, 15) is 0 Å². The molecule has 1 aliphatic heterocycles. The molecular weight excluding hydrogens is 266 g/mol. The third-order valence-electron chi connectivity index (χ3n) is 4.89. The van der Waals surface area contributed by atoms with E-state index in [1.165, 1.54) is 34.3 Å². The normalized spacial score (nSPS) is 24.7. The van der Waals surface area contributed by atoms with Crippen molar-refractivity contribution in [1.82, 2.24) is 5.32 Å². The van der Waals surface area contributed by atoms with E-state index in [-0.39, 0.29) is 0 Å². The van der Waals surface area contributed by atoms with Crippen LogP contribution in [0.5, 0.6) is 0 Å². The number of hydrogen-bond donors (Lipinski definition) is 1. The van der Waals surface area contributed by atoms with Gasteiger partial charge >= 0.3 is 0 Å². The smallest absolute Gasteiger partial charge is 0.0664 e. The van der Waals surface area contributed by atoms with E-state index in [0.29, 0.717) is 12.0 Å². The zero-order valence-corrected chi connectivity index (χ0v) is 13.8. The highest BCUT2D eigenvalue weighted by Gasteiger charge is 2.24. The molecule has 1 heterocycles. The molecule has 1 heteroatoms. The number of benzene rings is 1. The van der Waals surface area contributed by atoms with Gasteiger partial charge < -0.3 is 5.32 Å². The van der Waals surface area contributed by atoms with Crippen molar-refractivity contribution in [1.29, 1.82) is 0 Å². The Labute approximate surface area is 134 Å². The summed E-state index contributed by atoms with van der Waals surface area (Å²) in [6, 6.07) is 11.0. The van der Waals surface area contributed by atoms with Crippen LogP contribution in [-0.2, 0) is 0 Å². The molecule has 1 aromatic rings. The minimum Gasteiger partial charge on any atom is -0.381 e. The highest BCUT2D eigenvalue weighted by Crippen LogP contribution is 2.34. The lowest BCUT2D eigenvalue weighted by atomic mass is 9.80. The average Bonchev–Trinajstić information content (AvgIpc) is 2.57. The molecule has 0 spiro atoms. The molecule has 1 unspecified atom stereocenters. The van der Waals surface area contributed by atoms with E-state index in [1.807, 2.05) is 0 Å². The lowest BCUT2D eigenvalue weighted by Crippen LogP contribution is -2.31. The summed E-state index contributed by atoms with van der Waals surface area (Å²) in [7, 11) is 0. The molecule has 2 aliphatic rings. The van der Waals surface area contributed by atoms with Gasteiger partial charge in [0, 0.05) is 6.20 Å². The second-order valence-corrected chi connectivity index (χ2v) is 6.33. The third-order valence-corrected chi connectivity index (χ3v) is 4.89. The minimum atomic E-state index is 0.334. The summed E-state index contributed by atoms with van der Waals surface area (Å²) in [5, 5.41) is 3.57. The predicted octanol–water partition coefficient (Wildman–Crippen LogP) is 5.25. The number of allylic oxidation sites excluding steroid dienone is 5. The lowest BCUT2D eigenvalue weighted by Gasteiger charge is -2.31. The van der Waals surface area contributed by atoms with E-state index in [4.69, 9.17) is 0 Å². The maximum absolute atomic E-state index is 3.57. The predicted molar refractivity (Wildman–Crippen MR) is 95.3 cm³/mol. The quantitative estimate of drug-likeness (QED) is 0.802. The van der Waals surface area contributed by atoms with Gasteiger partial charge in [0.25, 0.3) is 0 Å². The molecular formula is C21H25N. The molecule has 1 aliphatic carbocycles. The summed E-state index contributed by atoms with van der Waals surface area (Å²) in [5.74, 6) is 0.640. The van der Waals surface area contributed by atoms with Gasteiger partial charge in [0.15, 0.2) is 0 Å². The topological polar surface area (TPSA) is 12.0 Å². The Bertz CT molecular complexity index is 658. The first-order valence-electron chi connectivity index (χ1n) is 8.27. The maximum atomic E-state index is 3.57. The van der Waals surface area contributed by atoms with Gasteiger partial charge in [-0.3, -0.25) is 0 Å². The second-order valence-electron chi connectivity index (χ2n) is 6.33. The number of rotatable bonds is 3. The van der Waals surface area contributed by atoms with Crippen LogP contribution in [0.15, 0.2) is 71.5 Å². The van der Waals surface area contributed by atoms with Gasteiger partial charge in [-0.2, -0.15) is 0 Å². The van der Waals surface area contributed by atoms with Gasteiger partial charge in [0.05, 0.1) is 6.04 Å². The molecule has 0 aromatic heterocycles. The molecule has 114 valence electrons. The third kappa shape index (κ3) is 2.94. The van der Waals surface area contributed by atoms with Crippen molar-refractivity contribution < 1.29 is 0 Å². The summed E-state index contributed by atoms with van der Waals surface area (Å²) >= 11 is 0. The largest absolute Gasteiger partial charge is 0.381 e. The summed E-state index contributed by atoms with van der Waals surface area (Å²) < 4.78 is 0. The summed E-state index contributed by atoms with van der Waals surface area (Å²) in [6.07, 6.45) is 11.7. The highest BCUT2D eigenvalue weighted by atomic mass is 14.9. The van der Waals surface area contributed by atoms with Crippen molar-refractivity contribution in [2.45, 2.75) is 39.7 Å². The Morgan fingerprint density at radius 3 is 2.55 bits per heavy atom. The van der Waals surface area contributed by atoms with Gasteiger partial charge in [0.2, 0.25) is 0 Å². The van der Waals surface area contributed by atoms with Crippen LogP contribution >= 0.6 is 0 Å². The first-order chi connectivity index (χ1) is 10.7.